The van der Waals surface area contributed by atoms with Gasteiger partial charge in [0.15, 0.2) is 0 Å². The number of hydrogen-bond donors (Lipinski definition) is 2. The van der Waals surface area contributed by atoms with Crippen molar-refractivity contribution < 1.29 is 14.7 Å². The van der Waals surface area contributed by atoms with Gasteiger partial charge in [-0.25, -0.2) is 9.59 Å². The normalized spacial score (nSPS) is 25.7. The predicted molar refractivity (Wildman–Crippen MR) is 66.4 cm³/mol. The van der Waals surface area contributed by atoms with Gasteiger partial charge in [-0.15, -0.1) is 0 Å². The fourth-order valence-corrected chi connectivity index (χ4v) is 2.64. The SMILES string of the molecule is O=C(O)C1CCCCN1C(=O)N1CCCNCC1. The molecule has 6 nitrogen and oxygen atoms in total. The largest absolute Gasteiger partial charge is 0.480 e. The van der Waals surface area contributed by atoms with E-state index in [0.717, 1.165) is 32.4 Å². The molecule has 2 fully saturated rings. The zero-order chi connectivity index (χ0) is 13.0. The molecular formula is C12H21N3O3. The molecule has 2 saturated heterocycles. The smallest absolute Gasteiger partial charge is 0.326 e. The number of carbonyl (C=O) groups is 2. The van der Waals surface area contributed by atoms with Gasteiger partial charge >= 0.3 is 12.0 Å². The van der Waals surface area contributed by atoms with Gasteiger partial charge in [0.1, 0.15) is 6.04 Å². The molecule has 6 heteroatoms. The molecule has 18 heavy (non-hydrogen) atoms. The summed E-state index contributed by atoms with van der Waals surface area (Å²) in [5.41, 5.74) is 0. The molecule has 2 amide bonds. The number of hydrogen-bond acceptors (Lipinski definition) is 3. The van der Waals surface area contributed by atoms with Crippen molar-refractivity contribution in [2.24, 2.45) is 0 Å². The highest BCUT2D eigenvalue weighted by Gasteiger charge is 2.34. The number of carboxylic acids is 1. The van der Waals surface area contributed by atoms with Crippen LogP contribution in [0.25, 0.3) is 0 Å². The summed E-state index contributed by atoms with van der Waals surface area (Å²) < 4.78 is 0. The first-order chi connectivity index (χ1) is 8.70. The first-order valence-electron chi connectivity index (χ1n) is 6.69. The summed E-state index contributed by atoms with van der Waals surface area (Å²) in [7, 11) is 0. The van der Waals surface area contributed by atoms with Crippen LogP contribution < -0.4 is 5.32 Å². The van der Waals surface area contributed by atoms with E-state index in [0.29, 0.717) is 26.1 Å². The number of carbonyl (C=O) groups excluding carboxylic acids is 1. The number of piperidine rings is 1. The summed E-state index contributed by atoms with van der Waals surface area (Å²) in [5, 5.41) is 12.4. The van der Waals surface area contributed by atoms with Crippen LogP contribution in [0.5, 0.6) is 0 Å². The van der Waals surface area contributed by atoms with Gasteiger partial charge < -0.3 is 20.2 Å². The molecule has 1 atom stereocenters. The molecule has 0 aliphatic carbocycles. The fraction of sp³-hybridized carbons (Fsp3) is 0.833. The molecule has 102 valence electrons. The average molecular weight is 255 g/mol. The Hall–Kier alpha value is -1.30. The Labute approximate surface area is 107 Å². The van der Waals surface area contributed by atoms with E-state index in [1.165, 1.54) is 4.90 Å². The molecule has 2 aliphatic heterocycles. The Morgan fingerprint density at radius 2 is 1.89 bits per heavy atom. The lowest BCUT2D eigenvalue weighted by Crippen LogP contribution is -2.53. The minimum absolute atomic E-state index is 0.106. The minimum atomic E-state index is -0.879. The van der Waals surface area contributed by atoms with Gasteiger partial charge in [-0.1, -0.05) is 0 Å². The molecule has 0 aromatic rings. The molecule has 0 bridgehead atoms. The summed E-state index contributed by atoms with van der Waals surface area (Å²) in [5.74, 6) is -0.879. The molecule has 0 radical (unpaired) electrons. The third-order valence-corrected chi connectivity index (χ3v) is 3.64. The van der Waals surface area contributed by atoms with E-state index >= 15 is 0 Å². The first-order valence-corrected chi connectivity index (χ1v) is 6.69. The number of carboxylic acid groups (broad SMARTS) is 1. The van der Waals surface area contributed by atoms with Crippen molar-refractivity contribution in [2.45, 2.75) is 31.7 Å². The molecule has 0 aromatic carbocycles. The quantitative estimate of drug-likeness (QED) is 0.708. The van der Waals surface area contributed by atoms with Gasteiger partial charge in [-0.3, -0.25) is 0 Å². The van der Waals surface area contributed by atoms with E-state index in [1.807, 2.05) is 0 Å². The van der Waals surface area contributed by atoms with Gasteiger partial charge in [-0.05, 0) is 32.2 Å². The molecule has 2 aliphatic rings. The van der Waals surface area contributed by atoms with Crippen LogP contribution in [0, 0.1) is 0 Å². The van der Waals surface area contributed by atoms with E-state index in [9.17, 15) is 14.7 Å². The second-order valence-corrected chi connectivity index (χ2v) is 4.92. The molecule has 0 spiro atoms. The Balaban J connectivity index is 2.02. The Bertz CT molecular complexity index is 314. The summed E-state index contributed by atoms with van der Waals surface area (Å²) in [6.45, 7) is 3.67. The van der Waals surface area contributed by atoms with Crippen LogP contribution in [-0.2, 0) is 4.79 Å². The number of urea groups is 1. The van der Waals surface area contributed by atoms with Gasteiger partial charge in [-0.2, -0.15) is 0 Å². The maximum Gasteiger partial charge on any atom is 0.326 e. The molecule has 0 aromatic heterocycles. The van der Waals surface area contributed by atoms with E-state index in [2.05, 4.69) is 5.32 Å². The Morgan fingerprint density at radius 1 is 1.06 bits per heavy atom. The van der Waals surface area contributed by atoms with Gasteiger partial charge in [0.25, 0.3) is 0 Å². The van der Waals surface area contributed by atoms with Crippen molar-refractivity contribution >= 4 is 12.0 Å². The number of nitrogens with zero attached hydrogens (tertiary/aromatic N) is 2. The lowest BCUT2D eigenvalue weighted by molar-refractivity contribution is -0.143. The van der Waals surface area contributed by atoms with Crippen molar-refractivity contribution in [1.29, 1.82) is 0 Å². The lowest BCUT2D eigenvalue weighted by atomic mass is 10.0. The van der Waals surface area contributed by atoms with Crippen molar-refractivity contribution in [3.63, 3.8) is 0 Å². The monoisotopic (exact) mass is 255 g/mol. The Morgan fingerprint density at radius 3 is 2.67 bits per heavy atom. The van der Waals surface area contributed by atoms with Crippen LogP contribution in [-0.4, -0.2) is 65.7 Å². The van der Waals surface area contributed by atoms with E-state index in [4.69, 9.17) is 0 Å². The maximum atomic E-state index is 12.4. The van der Waals surface area contributed by atoms with Crippen LogP contribution in [0.1, 0.15) is 25.7 Å². The highest BCUT2D eigenvalue weighted by molar-refractivity contribution is 5.83. The van der Waals surface area contributed by atoms with Crippen LogP contribution in [0.15, 0.2) is 0 Å². The van der Waals surface area contributed by atoms with Crippen molar-refractivity contribution in [1.82, 2.24) is 15.1 Å². The first kappa shape index (κ1) is 13.1. The molecule has 2 N–H and O–H groups in total. The van der Waals surface area contributed by atoms with Crippen LogP contribution in [0.3, 0.4) is 0 Å². The molecular weight excluding hydrogens is 234 g/mol. The van der Waals surface area contributed by atoms with Crippen molar-refractivity contribution in [3.05, 3.63) is 0 Å². The number of aliphatic carboxylic acids is 1. The summed E-state index contributed by atoms with van der Waals surface area (Å²) >= 11 is 0. The third kappa shape index (κ3) is 2.93. The second-order valence-electron chi connectivity index (χ2n) is 4.92. The molecule has 0 saturated carbocycles. The molecule has 2 heterocycles. The van der Waals surface area contributed by atoms with Crippen LogP contribution in [0.4, 0.5) is 4.79 Å². The van der Waals surface area contributed by atoms with Crippen LogP contribution >= 0.6 is 0 Å². The number of amides is 2. The molecule has 2 rings (SSSR count). The number of rotatable bonds is 1. The highest BCUT2D eigenvalue weighted by Crippen LogP contribution is 2.19. The van der Waals surface area contributed by atoms with Crippen molar-refractivity contribution in [3.8, 4) is 0 Å². The zero-order valence-corrected chi connectivity index (χ0v) is 10.6. The number of nitrogens with one attached hydrogen (secondary N) is 1. The van der Waals surface area contributed by atoms with Crippen molar-refractivity contribution in [2.75, 3.05) is 32.7 Å². The summed E-state index contributed by atoms with van der Waals surface area (Å²) in [6, 6.07) is -0.742. The zero-order valence-electron chi connectivity index (χ0n) is 10.6. The highest BCUT2D eigenvalue weighted by atomic mass is 16.4. The Kier molecular flexibility index (Phi) is 4.41. The van der Waals surface area contributed by atoms with Crippen LogP contribution in [0.2, 0.25) is 0 Å². The lowest BCUT2D eigenvalue weighted by Gasteiger charge is -2.36. The number of likely N-dealkylation sites (tertiary alicyclic amines) is 1. The predicted octanol–water partition coefficient (Wildman–Crippen LogP) is 0.341. The minimum Gasteiger partial charge on any atom is -0.480 e. The third-order valence-electron chi connectivity index (χ3n) is 3.64. The second kappa shape index (κ2) is 6.04. The topological polar surface area (TPSA) is 72.9 Å². The van der Waals surface area contributed by atoms with Gasteiger partial charge in [0.05, 0.1) is 0 Å². The van der Waals surface area contributed by atoms with E-state index in [-0.39, 0.29) is 6.03 Å². The van der Waals surface area contributed by atoms with E-state index in [1.54, 1.807) is 4.90 Å². The molecule has 1 unspecified atom stereocenters. The standard InChI is InChI=1S/C12H21N3O3/c16-11(17)10-4-1-2-8-15(10)12(18)14-7-3-5-13-6-9-14/h10,13H,1-9H2,(H,16,17). The summed E-state index contributed by atoms with van der Waals surface area (Å²) in [4.78, 5) is 26.9. The van der Waals surface area contributed by atoms with Gasteiger partial charge in [0, 0.05) is 26.2 Å². The maximum absolute atomic E-state index is 12.4. The van der Waals surface area contributed by atoms with Gasteiger partial charge in [0.2, 0.25) is 0 Å². The fourth-order valence-electron chi connectivity index (χ4n) is 2.64. The average Bonchev–Trinajstić information content (AvgIpc) is 2.66. The van der Waals surface area contributed by atoms with E-state index < -0.39 is 12.0 Å². The summed E-state index contributed by atoms with van der Waals surface area (Å²) in [6.07, 6.45) is 3.30.